The van der Waals surface area contributed by atoms with E-state index in [1.165, 1.54) is 0 Å². The van der Waals surface area contributed by atoms with Crippen LogP contribution in [0.25, 0.3) is 0 Å². The summed E-state index contributed by atoms with van der Waals surface area (Å²) in [7, 11) is 0. The first kappa shape index (κ1) is 15.9. The second kappa shape index (κ2) is 7.02. The Morgan fingerprint density at radius 3 is 2.68 bits per heavy atom. The van der Waals surface area contributed by atoms with E-state index >= 15 is 0 Å². The summed E-state index contributed by atoms with van der Waals surface area (Å²) in [5.74, 6) is 1.89. The molecule has 0 aliphatic heterocycles. The van der Waals surface area contributed by atoms with Gasteiger partial charge in [0.05, 0.1) is 0 Å². The van der Waals surface area contributed by atoms with Crippen LogP contribution >= 0.6 is 0 Å². The van der Waals surface area contributed by atoms with E-state index in [1.807, 2.05) is 25.1 Å². The Labute approximate surface area is 131 Å². The molecule has 0 unspecified atom stereocenters. The number of anilines is 3. The number of Topliss-reactive ketones (excluding diaryl/α,β-unsaturated/α-hetero) is 1. The lowest BCUT2D eigenvalue weighted by Gasteiger charge is -2.11. The third-order valence-electron chi connectivity index (χ3n) is 3.07. The van der Waals surface area contributed by atoms with Crippen molar-refractivity contribution in [3.05, 3.63) is 41.6 Å². The molecule has 0 bridgehead atoms. The smallest absolute Gasteiger partial charge is 0.229 e. The van der Waals surface area contributed by atoms with Gasteiger partial charge in [-0.05, 0) is 31.9 Å². The topological polar surface area (TPSA) is 66.9 Å². The zero-order valence-electron chi connectivity index (χ0n) is 13.5. The largest absolute Gasteiger partial charge is 0.370 e. The van der Waals surface area contributed by atoms with E-state index in [9.17, 15) is 4.79 Å². The zero-order chi connectivity index (χ0) is 16.1. The number of nitrogens with zero attached hydrogens (tertiary/aromatic N) is 2. The van der Waals surface area contributed by atoms with Crippen molar-refractivity contribution >= 4 is 23.2 Å². The number of benzene rings is 1. The van der Waals surface area contributed by atoms with Crippen molar-refractivity contribution in [2.75, 3.05) is 17.2 Å². The minimum absolute atomic E-state index is 0.0353. The van der Waals surface area contributed by atoms with Crippen LogP contribution in [0.15, 0.2) is 30.3 Å². The fraction of sp³-hybridized carbons (Fsp3) is 0.353. The maximum absolute atomic E-state index is 11.4. The van der Waals surface area contributed by atoms with Crippen LogP contribution in [0.5, 0.6) is 0 Å². The molecule has 1 aromatic carbocycles. The summed E-state index contributed by atoms with van der Waals surface area (Å²) < 4.78 is 0. The van der Waals surface area contributed by atoms with Crippen LogP contribution in [-0.2, 0) is 0 Å². The van der Waals surface area contributed by atoms with Gasteiger partial charge in [0.2, 0.25) is 5.95 Å². The number of aromatic nitrogens is 2. The van der Waals surface area contributed by atoms with Crippen LogP contribution < -0.4 is 10.6 Å². The van der Waals surface area contributed by atoms with Gasteiger partial charge in [-0.2, -0.15) is 4.98 Å². The predicted octanol–water partition coefficient (Wildman–Crippen LogP) is 3.80. The second-order valence-corrected chi connectivity index (χ2v) is 5.75. The molecule has 0 aliphatic carbocycles. The first-order valence-corrected chi connectivity index (χ1v) is 7.41. The highest BCUT2D eigenvalue weighted by Gasteiger charge is 2.05. The van der Waals surface area contributed by atoms with E-state index in [2.05, 4.69) is 34.4 Å². The van der Waals surface area contributed by atoms with Gasteiger partial charge in [0, 0.05) is 29.6 Å². The Hall–Kier alpha value is -2.43. The van der Waals surface area contributed by atoms with Gasteiger partial charge in [-0.15, -0.1) is 0 Å². The van der Waals surface area contributed by atoms with Gasteiger partial charge in [-0.3, -0.25) is 4.79 Å². The van der Waals surface area contributed by atoms with Crippen LogP contribution in [-0.4, -0.2) is 22.3 Å². The molecule has 0 amide bonds. The van der Waals surface area contributed by atoms with Gasteiger partial charge in [0.1, 0.15) is 5.82 Å². The molecule has 0 spiro atoms. The molecule has 0 atom stereocenters. The molecule has 5 nitrogen and oxygen atoms in total. The molecule has 5 heteroatoms. The molecular weight excluding hydrogens is 276 g/mol. The summed E-state index contributed by atoms with van der Waals surface area (Å²) in [5.41, 5.74) is 2.34. The van der Waals surface area contributed by atoms with Gasteiger partial charge < -0.3 is 10.6 Å². The summed E-state index contributed by atoms with van der Waals surface area (Å²) >= 11 is 0. The lowest BCUT2D eigenvalue weighted by Crippen LogP contribution is -2.11. The number of aryl methyl sites for hydroxylation is 1. The van der Waals surface area contributed by atoms with Crippen LogP contribution in [0.3, 0.4) is 0 Å². The lowest BCUT2D eigenvalue weighted by atomic mass is 10.1. The van der Waals surface area contributed by atoms with Gasteiger partial charge in [-0.25, -0.2) is 4.98 Å². The third kappa shape index (κ3) is 4.55. The number of ketones is 1. The molecule has 0 aliphatic rings. The molecule has 1 aromatic heterocycles. The fourth-order valence-electron chi connectivity index (χ4n) is 1.97. The van der Waals surface area contributed by atoms with Crippen molar-refractivity contribution < 1.29 is 4.79 Å². The Balaban J connectivity index is 2.18. The van der Waals surface area contributed by atoms with Gasteiger partial charge in [0.25, 0.3) is 0 Å². The number of carbonyl (C=O) groups is 1. The summed E-state index contributed by atoms with van der Waals surface area (Å²) in [4.78, 5) is 20.3. The summed E-state index contributed by atoms with van der Waals surface area (Å²) in [5, 5.41) is 6.45. The predicted molar refractivity (Wildman–Crippen MR) is 89.8 cm³/mol. The van der Waals surface area contributed by atoms with Crippen molar-refractivity contribution in [3.8, 4) is 0 Å². The molecule has 2 rings (SSSR count). The van der Waals surface area contributed by atoms with Crippen molar-refractivity contribution in [1.29, 1.82) is 0 Å². The Morgan fingerprint density at radius 1 is 1.23 bits per heavy atom. The van der Waals surface area contributed by atoms with Crippen molar-refractivity contribution in [2.45, 2.75) is 27.7 Å². The number of carbonyl (C=O) groups excluding carboxylic acids is 1. The lowest BCUT2D eigenvalue weighted by molar-refractivity contribution is 0.101. The Morgan fingerprint density at radius 2 is 2.00 bits per heavy atom. The minimum atomic E-state index is 0.0353. The molecule has 22 heavy (non-hydrogen) atoms. The van der Waals surface area contributed by atoms with Gasteiger partial charge in [0.15, 0.2) is 5.78 Å². The summed E-state index contributed by atoms with van der Waals surface area (Å²) in [6.45, 7) is 8.63. The molecular formula is C17H22N4O. The highest BCUT2D eigenvalue weighted by molar-refractivity contribution is 5.95. The minimum Gasteiger partial charge on any atom is -0.370 e. The average Bonchev–Trinajstić information content (AvgIpc) is 2.45. The molecule has 2 N–H and O–H groups in total. The first-order valence-electron chi connectivity index (χ1n) is 7.41. The quantitative estimate of drug-likeness (QED) is 0.794. The highest BCUT2D eigenvalue weighted by atomic mass is 16.1. The molecule has 116 valence electrons. The molecule has 0 saturated heterocycles. The highest BCUT2D eigenvalue weighted by Crippen LogP contribution is 2.17. The summed E-state index contributed by atoms with van der Waals surface area (Å²) in [6.07, 6.45) is 0. The third-order valence-corrected chi connectivity index (χ3v) is 3.07. The molecule has 0 fully saturated rings. The van der Waals surface area contributed by atoms with Crippen LogP contribution in [0, 0.1) is 12.8 Å². The Kier molecular flexibility index (Phi) is 5.09. The van der Waals surface area contributed by atoms with E-state index in [1.54, 1.807) is 19.1 Å². The number of rotatable bonds is 6. The van der Waals surface area contributed by atoms with E-state index in [0.717, 1.165) is 23.7 Å². The molecule has 0 saturated carbocycles. The van der Waals surface area contributed by atoms with E-state index in [-0.39, 0.29) is 5.78 Å². The maximum atomic E-state index is 11.4. The van der Waals surface area contributed by atoms with Crippen LogP contribution in [0.1, 0.15) is 36.8 Å². The average molecular weight is 298 g/mol. The van der Waals surface area contributed by atoms with Crippen molar-refractivity contribution in [1.82, 2.24) is 9.97 Å². The molecule has 0 radical (unpaired) electrons. The van der Waals surface area contributed by atoms with Gasteiger partial charge >= 0.3 is 0 Å². The molecule has 1 heterocycles. The normalized spacial score (nSPS) is 10.6. The fourth-order valence-corrected chi connectivity index (χ4v) is 1.97. The number of hydrogen-bond acceptors (Lipinski definition) is 5. The second-order valence-electron chi connectivity index (χ2n) is 5.75. The van der Waals surface area contributed by atoms with Crippen molar-refractivity contribution in [3.63, 3.8) is 0 Å². The Bertz CT molecular complexity index is 667. The van der Waals surface area contributed by atoms with Gasteiger partial charge in [-0.1, -0.05) is 26.0 Å². The van der Waals surface area contributed by atoms with E-state index in [4.69, 9.17) is 0 Å². The van der Waals surface area contributed by atoms with Crippen LogP contribution in [0.4, 0.5) is 17.5 Å². The SMILES string of the molecule is CC(=O)c1cccc(Nc2nc(C)cc(NCC(C)C)n2)c1. The number of hydrogen-bond donors (Lipinski definition) is 2. The van der Waals surface area contributed by atoms with Crippen molar-refractivity contribution in [2.24, 2.45) is 5.92 Å². The summed E-state index contributed by atoms with van der Waals surface area (Å²) in [6, 6.07) is 9.24. The standard InChI is InChI=1S/C17H22N4O/c1-11(2)10-18-16-8-12(3)19-17(21-16)20-15-7-5-6-14(9-15)13(4)22/h5-9,11H,10H2,1-4H3,(H2,18,19,20,21). The van der Waals surface area contributed by atoms with E-state index in [0.29, 0.717) is 17.4 Å². The number of nitrogens with one attached hydrogen (secondary N) is 2. The zero-order valence-corrected chi connectivity index (χ0v) is 13.5. The van der Waals surface area contributed by atoms with Crippen LogP contribution in [0.2, 0.25) is 0 Å². The molecule has 2 aromatic rings. The maximum Gasteiger partial charge on any atom is 0.229 e. The first-order chi connectivity index (χ1) is 10.4. The monoisotopic (exact) mass is 298 g/mol. The van der Waals surface area contributed by atoms with E-state index < -0.39 is 0 Å².